The minimum atomic E-state index is -0.654. The summed E-state index contributed by atoms with van der Waals surface area (Å²) in [6.45, 7) is 9.54. The van der Waals surface area contributed by atoms with Crippen LogP contribution < -0.4 is 5.73 Å². The van der Waals surface area contributed by atoms with Crippen LogP contribution in [0.15, 0.2) is 82.8 Å². The zero-order chi connectivity index (χ0) is 19.8. The Morgan fingerprint density at radius 2 is 1.96 bits per heavy atom. The highest BCUT2D eigenvalue weighted by molar-refractivity contribution is 6.03. The molecule has 0 atom stereocenters. The molecule has 0 fully saturated rings. The van der Waals surface area contributed by atoms with E-state index in [0.717, 1.165) is 11.6 Å². The minimum absolute atomic E-state index is 0.245. The molecular weight excluding hydrogens is 344 g/mol. The number of halogens is 2. The van der Waals surface area contributed by atoms with Crippen LogP contribution in [-0.4, -0.2) is 19.1 Å². The largest absolute Gasteiger partial charge is 0.383 e. The smallest absolute Gasteiger partial charge is 0.133 e. The number of benzene rings is 2. The zero-order valence-electron chi connectivity index (χ0n) is 15.1. The lowest BCUT2D eigenvalue weighted by Gasteiger charge is -2.10. The zero-order valence-corrected chi connectivity index (χ0v) is 15.1. The molecule has 0 aliphatic heterocycles. The van der Waals surface area contributed by atoms with E-state index in [0.29, 0.717) is 23.4 Å². The van der Waals surface area contributed by atoms with Crippen LogP contribution in [0.4, 0.5) is 14.5 Å². The summed E-state index contributed by atoms with van der Waals surface area (Å²) in [7, 11) is 0. The van der Waals surface area contributed by atoms with E-state index < -0.39 is 11.6 Å². The van der Waals surface area contributed by atoms with E-state index in [-0.39, 0.29) is 11.4 Å². The molecule has 2 N–H and O–H groups in total. The summed E-state index contributed by atoms with van der Waals surface area (Å²) in [5, 5.41) is 0. The van der Waals surface area contributed by atoms with Gasteiger partial charge in [0, 0.05) is 17.2 Å². The number of rotatable bonds is 7. The second-order valence-corrected chi connectivity index (χ2v) is 5.69. The molecule has 27 heavy (non-hydrogen) atoms. The lowest BCUT2D eigenvalue weighted by atomic mass is 10.0. The fourth-order valence-corrected chi connectivity index (χ4v) is 2.44. The summed E-state index contributed by atoms with van der Waals surface area (Å²) in [6.07, 6.45) is 7.38. The Hall–Kier alpha value is -3.34. The highest BCUT2D eigenvalue weighted by atomic mass is 19.1. The maximum Gasteiger partial charge on any atom is 0.133 e. The first-order valence-corrected chi connectivity index (χ1v) is 8.31. The highest BCUT2D eigenvalue weighted by Gasteiger charge is 2.11. The van der Waals surface area contributed by atoms with Gasteiger partial charge in [0.05, 0.1) is 12.2 Å². The molecule has 0 aliphatic rings. The van der Waals surface area contributed by atoms with Crippen molar-refractivity contribution < 1.29 is 8.78 Å². The van der Waals surface area contributed by atoms with E-state index in [9.17, 15) is 8.78 Å². The summed E-state index contributed by atoms with van der Waals surface area (Å²) < 4.78 is 27.3. The predicted octanol–water partition coefficient (Wildman–Crippen LogP) is 5.36. The van der Waals surface area contributed by atoms with Crippen LogP contribution in [0.5, 0.6) is 0 Å². The lowest BCUT2D eigenvalue weighted by Crippen LogP contribution is -2.14. The number of nitrogens with zero attached hydrogens (tertiary/aromatic N) is 2. The Bertz CT molecular complexity index is 941. The van der Waals surface area contributed by atoms with E-state index in [1.807, 2.05) is 25.2 Å². The predicted molar refractivity (Wildman–Crippen MR) is 110 cm³/mol. The third-order valence-corrected chi connectivity index (χ3v) is 3.88. The minimum Gasteiger partial charge on any atom is -0.383 e. The van der Waals surface area contributed by atoms with Gasteiger partial charge in [0.15, 0.2) is 0 Å². The van der Waals surface area contributed by atoms with Gasteiger partial charge in [0.25, 0.3) is 0 Å². The highest BCUT2D eigenvalue weighted by Crippen LogP contribution is 2.29. The molecule has 0 aromatic heterocycles. The molecule has 0 saturated carbocycles. The van der Waals surface area contributed by atoms with Crippen LogP contribution in [0, 0.1) is 11.6 Å². The van der Waals surface area contributed by atoms with Crippen molar-refractivity contribution in [3.8, 4) is 11.1 Å². The number of nitrogens with two attached hydrogens (primary N) is 1. The molecule has 0 unspecified atom stereocenters. The molecule has 138 valence electrons. The van der Waals surface area contributed by atoms with Crippen LogP contribution in [0.25, 0.3) is 11.1 Å². The average Bonchev–Trinajstić information content (AvgIpc) is 2.67. The maximum atomic E-state index is 14.1. The SMILES string of the molecule is C=C/C(=C\C=C/C)CN=C(N)c1cc(-c2ccc(F)cc2F)ccc1N=C. The molecule has 0 amide bonds. The number of allylic oxidation sites excluding steroid dienone is 3. The molecule has 2 rings (SSSR count). The van der Waals surface area contributed by atoms with Crippen molar-refractivity contribution >= 4 is 18.2 Å². The van der Waals surface area contributed by atoms with Crippen molar-refractivity contribution in [1.29, 1.82) is 0 Å². The Balaban J connectivity index is 2.44. The summed E-state index contributed by atoms with van der Waals surface area (Å²) >= 11 is 0. The quantitative estimate of drug-likeness (QED) is 0.401. The summed E-state index contributed by atoms with van der Waals surface area (Å²) in [5.74, 6) is -1.04. The first kappa shape index (κ1) is 20.0. The van der Waals surface area contributed by atoms with E-state index >= 15 is 0 Å². The van der Waals surface area contributed by atoms with Gasteiger partial charge in [-0.25, -0.2) is 8.78 Å². The van der Waals surface area contributed by atoms with Gasteiger partial charge in [-0.2, -0.15) is 0 Å². The fraction of sp³-hybridized carbons (Fsp3) is 0.0909. The molecule has 0 radical (unpaired) electrons. The Kier molecular flexibility index (Phi) is 6.94. The maximum absolute atomic E-state index is 14.1. The van der Waals surface area contributed by atoms with Crippen LogP contribution in [0.2, 0.25) is 0 Å². The number of aliphatic imine (C=N–C) groups is 2. The molecule has 0 bridgehead atoms. The van der Waals surface area contributed by atoms with E-state index in [1.165, 1.54) is 12.1 Å². The monoisotopic (exact) mass is 365 g/mol. The molecule has 0 heterocycles. The number of hydrogen-bond donors (Lipinski definition) is 1. The van der Waals surface area contributed by atoms with Crippen molar-refractivity contribution in [3.05, 3.63) is 90.1 Å². The average molecular weight is 365 g/mol. The van der Waals surface area contributed by atoms with Gasteiger partial charge in [0.1, 0.15) is 17.5 Å². The second-order valence-electron chi connectivity index (χ2n) is 5.69. The van der Waals surface area contributed by atoms with Gasteiger partial charge in [-0.3, -0.25) is 9.98 Å². The van der Waals surface area contributed by atoms with Gasteiger partial charge in [-0.15, -0.1) is 0 Å². The van der Waals surface area contributed by atoms with E-state index in [1.54, 1.807) is 24.3 Å². The summed E-state index contributed by atoms with van der Waals surface area (Å²) in [5.41, 5.74) is 8.90. The summed E-state index contributed by atoms with van der Waals surface area (Å²) in [6, 6.07) is 8.45. The van der Waals surface area contributed by atoms with Gasteiger partial charge < -0.3 is 5.73 Å². The van der Waals surface area contributed by atoms with E-state index in [2.05, 4.69) is 23.3 Å². The van der Waals surface area contributed by atoms with Gasteiger partial charge in [-0.1, -0.05) is 36.9 Å². The van der Waals surface area contributed by atoms with Crippen molar-refractivity contribution in [2.45, 2.75) is 6.92 Å². The van der Waals surface area contributed by atoms with Crippen LogP contribution in [0.3, 0.4) is 0 Å². The first-order chi connectivity index (χ1) is 13.0. The molecule has 0 spiro atoms. The van der Waals surface area contributed by atoms with Crippen molar-refractivity contribution in [2.24, 2.45) is 15.7 Å². The lowest BCUT2D eigenvalue weighted by molar-refractivity contribution is 0.585. The standard InChI is InChI=1S/C22H21F2N3/c1-4-6-7-15(5-2)14-27-22(25)19-12-16(8-11-21(19)26-3)18-10-9-17(23)13-20(18)24/h4-13H,2-3,14H2,1H3,(H2,25,27)/b6-4-,15-7+. The molecule has 0 aliphatic carbocycles. The number of hydrogen-bond acceptors (Lipinski definition) is 2. The third-order valence-electron chi connectivity index (χ3n) is 3.88. The topological polar surface area (TPSA) is 50.7 Å². The Labute approximate surface area is 158 Å². The molecule has 5 heteroatoms. The third kappa shape index (κ3) is 5.07. The van der Waals surface area contributed by atoms with Crippen LogP contribution in [-0.2, 0) is 0 Å². The summed E-state index contributed by atoms with van der Waals surface area (Å²) in [4.78, 5) is 8.33. The molecular formula is C22H21F2N3. The fourth-order valence-electron chi connectivity index (χ4n) is 2.44. The van der Waals surface area contributed by atoms with Gasteiger partial charge in [-0.05, 0) is 49.0 Å². The Morgan fingerprint density at radius 1 is 1.19 bits per heavy atom. The second kappa shape index (κ2) is 9.38. The van der Waals surface area contributed by atoms with Crippen molar-refractivity contribution in [2.75, 3.05) is 6.54 Å². The number of amidine groups is 1. The normalized spacial score (nSPS) is 12.4. The van der Waals surface area contributed by atoms with E-state index in [4.69, 9.17) is 5.73 Å². The van der Waals surface area contributed by atoms with Crippen LogP contribution >= 0.6 is 0 Å². The molecule has 2 aromatic carbocycles. The molecule has 3 nitrogen and oxygen atoms in total. The van der Waals surface area contributed by atoms with Crippen molar-refractivity contribution in [1.82, 2.24) is 0 Å². The Morgan fingerprint density at radius 3 is 2.59 bits per heavy atom. The van der Waals surface area contributed by atoms with Gasteiger partial charge >= 0.3 is 0 Å². The first-order valence-electron chi connectivity index (χ1n) is 8.31. The van der Waals surface area contributed by atoms with Crippen LogP contribution in [0.1, 0.15) is 12.5 Å². The van der Waals surface area contributed by atoms with Gasteiger partial charge in [0.2, 0.25) is 0 Å². The molecule has 0 saturated heterocycles. The van der Waals surface area contributed by atoms with Crippen molar-refractivity contribution in [3.63, 3.8) is 0 Å². The molecule has 2 aromatic rings.